The van der Waals surface area contributed by atoms with Crippen LogP contribution >= 0.6 is 0 Å². The second-order valence-corrected chi connectivity index (χ2v) is 4.17. The normalized spacial score (nSPS) is 16.2. The van der Waals surface area contributed by atoms with Gasteiger partial charge in [-0.25, -0.2) is 4.99 Å². The van der Waals surface area contributed by atoms with Crippen LogP contribution in [0.25, 0.3) is 0 Å². The van der Waals surface area contributed by atoms with Gasteiger partial charge in [0.05, 0.1) is 0 Å². The quantitative estimate of drug-likeness (QED) is 0.612. The number of aliphatic imine (C=N–C) groups is 1. The van der Waals surface area contributed by atoms with Crippen LogP contribution in [-0.2, 0) is 6.54 Å². The molecule has 1 aliphatic rings. The summed E-state index contributed by atoms with van der Waals surface area (Å²) >= 11 is 0. The summed E-state index contributed by atoms with van der Waals surface area (Å²) in [6.45, 7) is 6.19. The molecular weight excluding hydrogens is 218 g/mol. The van der Waals surface area contributed by atoms with E-state index < -0.39 is 0 Å². The molecule has 0 spiro atoms. The van der Waals surface area contributed by atoms with Crippen LogP contribution in [0.15, 0.2) is 9.52 Å². The molecule has 0 aromatic carbocycles. The zero-order chi connectivity index (χ0) is 12.3. The van der Waals surface area contributed by atoms with Crippen LogP contribution in [0.5, 0.6) is 0 Å². The number of aromatic nitrogens is 2. The molecule has 1 aromatic heterocycles. The minimum absolute atomic E-state index is 0.387. The van der Waals surface area contributed by atoms with Crippen molar-refractivity contribution >= 4 is 5.96 Å². The van der Waals surface area contributed by atoms with Crippen LogP contribution < -0.4 is 5.73 Å². The molecule has 1 aromatic rings. The van der Waals surface area contributed by atoms with Crippen molar-refractivity contribution in [3.05, 3.63) is 11.7 Å². The first kappa shape index (κ1) is 11.9. The van der Waals surface area contributed by atoms with Crippen molar-refractivity contribution in [2.24, 2.45) is 10.7 Å². The molecule has 6 heteroatoms. The van der Waals surface area contributed by atoms with Gasteiger partial charge in [-0.3, -0.25) is 0 Å². The fourth-order valence-electron chi connectivity index (χ4n) is 1.63. The number of nitrogens with zero attached hydrogens (tertiary/aromatic N) is 4. The highest BCUT2D eigenvalue weighted by Crippen LogP contribution is 2.38. The van der Waals surface area contributed by atoms with E-state index in [0.29, 0.717) is 24.2 Å². The van der Waals surface area contributed by atoms with Crippen LogP contribution in [0.2, 0.25) is 0 Å². The molecule has 0 saturated heterocycles. The Balaban J connectivity index is 1.92. The number of hydrogen-bond donors (Lipinski definition) is 1. The van der Waals surface area contributed by atoms with Gasteiger partial charge in [0.25, 0.3) is 0 Å². The first-order chi connectivity index (χ1) is 8.24. The number of hydrogen-bond acceptors (Lipinski definition) is 4. The maximum absolute atomic E-state index is 5.86. The first-order valence-corrected chi connectivity index (χ1v) is 6.12. The van der Waals surface area contributed by atoms with E-state index in [-0.39, 0.29) is 0 Å². The second-order valence-electron chi connectivity index (χ2n) is 4.17. The molecule has 0 bridgehead atoms. The van der Waals surface area contributed by atoms with Gasteiger partial charge in [-0.1, -0.05) is 5.16 Å². The lowest BCUT2D eigenvalue weighted by Gasteiger charge is -2.18. The van der Waals surface area contributed by atoms with E-state index in [9.17, 15) is 0 Å². The molecule has 1 aliphatic carbocycles. The highest BCUT2D eigenvalue weighted by Gasteiger charge is 2.29. The summed E-state index contributed by atoms with van der Waals surface area (Å²) in [6.07, 6.45) is 2.32. The lowest BCUT2D eigenvalue weighted by molar-refractivity contribution is 0.374. The van der Waals surface area contributed by atoms with Gasteiger partial charge in [0.2, 0.25) is 5.89 Å². The van der Waals surface area contributed by atoms with Crippen molar-refractivity contribution in [3.8, 4) is 0 Å². The molecule has 0 unspecified atom stereocenters. The number of rotatable bonds is 5. The molecular formula is C11H19N5O. The van der Waals surface area contributed by atoms with E-state index in [4.69, 9.17) is 10.3 Å². The second kappa shape index (κ2) is 5.16. The summed E-state index contributed by atoms with van der Waals surface area (Å²) in [5.41, 5.74) is 5.86. The van der Waals surface area contributed by atoms with Gasteiger partial charge in [0, 0.05) is 19.0 Å². The van der Waals surface area contributed by atoms with Crippen LogP contribution in [0.3, 0.4) is 0 Å². The van der Waals surface area contributed by atoms with Crippen molar-refractivity contribution in [1.82, 2.24) is 15.0 Å². The fraction of sp³-hybridized carbons (Fsp3) is 0.727. The highest BCUT2D eigenvalue weighted by atomic mass is 16.5. The third kappa shape index (κ3) is 2.95. The van der Waals surface area contributed by atoms with Crippen molar-refractivity contribution in [1.29, 1.82) is 0 Å². The first-order valence-electron chi connectivity index (χ1n) is 6.12. The minimum Gasteiger partial charge on any atom is -0.370 e. The summed E-state index contributed by atoms with van der Waals surface area (Å²) in [6, 6.07) is 0. The predicted octanol–water partition coefficient (Wildman–Crippen LogP) is 1.10. The standard InChI is InChI=1S/C11H19N5O/c1-3-16(4-2)11(12)13-7-9-14-10(17-15-9)8-5-6-8/h8H,3-7H2,1-2H3,(H2,12,13). The maximum atomic E-state index is 5.86. The lowest BCUT2D eigenvalue weighted by atomic mass is 10.4. The number of guanidine groups is 1. The van der Waals surface area contributed by atoms with Gasteiger partial charge in [-0.2, -0.15) is 4.98 Å². The van der Waals surface area contributed by atoms with Gasteiger partial charge >= 0.3 is 0 Å². The van der Waals surface area contributed by atoms with Crippen LogP contribution in [0.4, 0.5) is 0 Å². The van der Waals surface area contributed by atoms with Crippen molar-refractivity contribution in [2.45, 2.75) is 39.2 Å². The predicted molar refractivity (Wildman–Crippen MR) is 64.5 cm³/mol. The monoisotopic (exact) mass is 237 g/mol. The lowest BCUT2D eigenvalue weighted by Crippen LogP contribution is -2.37. The Morgan fingerprint density at radius 3 is 2.76 bits per heavy atom. The van der Waals surface area contributed by atoms with Gasteiger partial charge < -0.3 is 15.2 Å². The van der Waals surface area contributed by atoms with E-state index in [1.165, 1.54) is 0 Å². The topological polar surface area (TPSA) is 80.5 Å². The summed E-state index contributed by atoms with van der Waals surface area (Å²) in [5, 5.41) is 3.89. The molecule has 0 aliphatic heterocycles. The maximum Gasteiger partial charge on any atom is 0.229 e. The van der Waals surface area contributed by atoms with Crippen LogP contribution in [0, 0.1) is 0 Å². The van der Waals surface area contributed by atoms with Crippen molar-refractivity contribution < 1.29 is 4.52 Å². The fourth-order valence-corrected chi connectivity index (χ4v) is 1.63. The van der Waals surface area contributed by atoms with Gasteiger partial charge in [0.1, 0.15) is 6.54 Å². The molecule has 94 valence electrons. The van der Waals surface area contributed by atoms with Crippen molar-refractivity contribution in [3.63, 3.8) is 0 Å². The van der Waals surface area contributed by atoms with Gasteiger partial charge in [0.15, 0.2) is 11.8 Å². The zero-order valence-electron chi connectivity index (χ0n) is 10.4. The van der Waals surface area contributed by atoms with Crippen LogP contribution in [-0.4, -0.2) is 34.1 Å². The third-order valence-corrected chi connectivity index (χ3v) is 2.88. The minimum atomic E-state index is 0.387. The Bertz CT molecular complexity index is 392. The highest BCUT2D eigenvalue weighted by molar-refractivity contribution is 5.77. The smallest absolute Gasteiger partial charge is 0.229 e. The molecule has 0 amide bonds. The Hall–Kier alpha value is -1.59. The van der Waals surface area contributed by atoms with Gasteiger partial charge in [-0.05, 0) is 26.7 Å². The average molecular weight is 237 g/mol. The molecule has 0 radical (unpaired) electrons. The molecule has 1 heterocycles. The molecule has 17 heavy (non-hydrogen) atoms. The molecule has 1 saturated carbocycles. The Labute approximate surface area is 101 Å². The summed E-state index contributed by atoms with van der Waals surface area (Å²) < 4.78 is 5.15. The third-order valence-electron chi connectivity index (χ3n) is 2.88. The Kier molecular flexibility index (Phi) is 3.61. The molecule has 2 N–H and O–H groups in total. The number of nitrogens with two attached hydrogens (primary N) is 1. The van der Waals surface area contributed by atoms with Crippen molar-refractivity contribution in [2.75, 3.05) is 13.1 Å². The summed E-state index contributed by atoms with van der Waals surface area (Å²) in [5.74, 6) is 2.38. The van der Waals surface area contributed by atoms with Crippen LogP contribution in [0.1, 0.15) is 44.3 Å². The summed E-state index contributed by atoms with van der Waals surface area (Å²) in [4.78, 5) is 10.5. The van der Waals surface area contributed by atoms with E-state index >= 15 is 0 Å². The zero-order valence-corrected chi connectivity index (χ0v) is 10.4. The van der Waals surface area contributed by atoms with Gasteiger partial charge in [-0.15, -0.1) is 0 Å². The summed E-state index contributed by atoms with van der Waals surface area (Å²) in [7, 11) is 0. The molecule has 2 rings (SSSR count). The SMILES string of the molecule is CCN(CC)C(N)=NCc1noc(C2CC2)n1. The average Bonchev–Trinajstić information content (AvgIpc) is 3.08. The van der Waals surface area contributed by atoms with E-state index in [0.717, 1.165) is 31.8 Å². The molecule has 0 atom stereocenters. The van der Waals surface area contributed by atoms with E-state index in [2.05, 4.69) is 15.1 Å². The Morgan fingerprint density at radius 1 is 1.47 bits per heavy atom. The van der Waals surface area contributed by atoms with E-state index in [1.807, 2.05) is 18.7 Å². The molecule has 6 nitrogen and oxygen atoms in total. The van der Waals surface area contributed by atoms with E-state index in [1.54, 1.807) is 0 Å². The Morgan fingerprint density at radius 2 is 2.18 bits per heavy atom. The molecule has 1 fully saturated rings. The largest absolute Gasteiger partial charge is 0.370 e.